The first kappa shape index (κ1) is 19.2. The smallest absolute Gasteiger partial charge is 0.203 e. The van der Waals surface area contributed by atoms with Crippen LogP contribution in [-0.2, 0) is 6.61 Å². The molecule has 5 nitrogen and oxygen atoms in total. The quantitative estimate of drug-likeness (QED) is 0.426. The summed E-state index contributed by atoms with van der Waals surface area (Å²) in [7, 11) is 3.14. The molecule has 0 bridgehead atoms. The Morgan fingerprint density at radius 1 is 1.00 bits per heavy atom. The molecule has 0 spiro atoms. The number of nitrogens with zero attached hydrogens (tertiary/aromatic N) is 1. The van der Waals surface area contributed by atoms with Crippen LogP contribution in [0.1, 0.15) is 21.5 Å². The molecule has 5 heteroatoms. The van der Waals surface area contributed by atoms with E-state index in [0.29, 0.717) is 29.4 Å². The van der Waals surface area contributed by atoms with E-state index < -0.39 is 0 Å². The second kappa shape index (κ2) is 9.37. The van der Waals surface area contributed by atoms with Crippen molar-refractivity contribution in [2.45, 2.75) is 6.61 Å². The monoisotopic (exact) mass is 375 g/mol. The van der Waals surface area contributed by atoms with E-state index in [1.807, 2.05) is 30.3 Å². The molecule has 3 aromatic rings. The van der Waals surface area contributed by atoms with Gasteiger partial charge in [0, 0.05) is 18.0 Å². The number of hydrogen-bond donors (Lipinski definition) is 0. The zero-order chi connectivity index (χ0) is 19.8. The maximum atomic E-state index is 12.2. The zero-order valence-corrected chi connectivity index (χ0v) is 15.8. The highest BCUT2D eigenvalue weighted by atomic mass is 16.5. The van der Waals surface area contributed by atoms with Crippen LogP contribution in [0.2, 0.25) is 0 Å². The number of methoxy groups -OCH3 is 2. The van der Waals surface area contributed by atoms with E-state index in [-0.39, 0.29) is 5.78 Å². The Bertz CT molecular complexity index is 928. The average Bonchev–Trinajstić information content (AvgIpc) is 2.77. The zero-order valence-electron chi connectivity index (χ0n) is 15.8. The van der Waals surface area contributed by atoms with Crippen LogP contribution in [0, 0.1) is 0 Å². The van der Waals surface area contributed by atoms with Crippen LogP contribution < -0.4 is 14.2 Å². The lowest BCUT2D eigenvalue weighted by Gasteiger charge is -2.15. The Labute approximate surface area is 164 Å². The molecule has 3 rings (SSSR count). The fourth-order valence-corrected chi connectivity index (χ4v) is 2.65. The lowest BCUT2D eigenvalue weighted by atomic mass is 10.1. The molecule has 2 aromatic carbocycles. The lowest BCUT2D eigenvalue weighted by Crippen LogP contribution is -2.00. The fraction of sp³-hybridized carbons (Fsp3) is 0.130. The van der Waals surface area contributed by atoms with Crippen LogP contribution in [0.5, 0.6) is 17.2 Å². The SMILES string of the molecule is COc1cc(/C=C/C(=O)c2cccnc2)cc(OC)c1OCc1ccccc1. The number of allylic oxidation sites excluding steroid dienone is 1. The van der Waals surface area contributed by atoms with E-state index >= 15 is 0 Å². The van der Waals surface area contributed by atoms with Crippen LogP contribution in [0.15, 0.2) is 73.1 Å². The highest BCUT2D eigenvalue weighted by Crippen LogP contribution is 2.39. The van der Waals surface area contributed by atoms with Crippen molar-refractivity contribution < 1.29 is 19.0 Å². The molecule has 0 aliphatic carbocycles. The molecule has 1 heterocycles. The van der Waals surface area contributed by atoms with E-state index in [1.165, 1.54) is 12.3 Å². The van der Waals surface area contributed by atoms with E-state index in [0.717, 1.165) is 11.1 Å². The average molecular weight is 375 g/mol. The summed E-state index contributed by atoms with van der Waals surface area (Å²) < 4.78 is 16.9. The van der Waals surface area contributed by atoms with Crippen molar-refractivity contribution in [3.8, 4) is 17.2 Å². The van der Waals surface area contributed by atoms with E-state index in [1.54, 1.807) is 50.8 Å². The van der Waals surface area contributed by atoms with Crippen LogP contribution in [0.3, 0.4) is 0 Å². The van der Waals surface area contributed by atoms with Crippen molar-refractivity contribution >= 4 is 11.9 Å². The number of ether oxygens (including phenoxy) is 3. The molecule has 0 saturated heterocycles. The molecule has 0 aliphatic rings. The van der Waals surface area contributed by atoms with Crippen LogP contribution >= 0.6 is 0 Å². The van der Waals surface area contributed by atoms with Gasteiger partial charge in [0.05, 0.1) is 14.2 Å². The normalized spacial score (nSPS) is 10.6. The number of carbonyl (C=O) groups excluding carboxylic acids is 1. The van der Waals surface area contributed by atoms with E-state index in [9.17, 15) is 4.79 Å². The Hall–Kier alpha value is -3.60. The molecule has 28 heavy (non-hydrogen) atoms. The molecule has 0 atom stereocenters. The molecule has 0 saturated carbocycles. The Morgan fingerprint density at radius 2 is 1.71 bits per heavy atom. The van der Waals surface area contributed by atoms with Crippen molar-refractivity contribution in [1.82, 2.24) is 4.98 Å². The summed E-state index contributed by atoms with van der Waals surface area (Å²) in [5, 5.41) is 0. The number of carbonyl (C=O) groups is 1. The summed E-state index contributed by atoms with van der Waals surface area (Å²) in [5.41, 5.74) is 2.33. The third kappa shape index (κ3) is 4.76. The highest BCUT2D eigenvalue weighted by molar-refractivity contribution is 6.06. The number of pyridine rings is 1. The maximum Gasteiger partial charge on any atom is 0.203 e. The van der Waals surface area contributed by atoms with Crippen LogP contribution in [0.4, 0.5) is 0 Å². The highest BCUT2D eigenvalue weighted by Gasteiger charge is 2.14. The second-order valence-electron chi connectivity index (χ2n) is 5.97. The van der Waals surface area contributed by atoms with Gasteiger partial charge in [0.25, 0.3) is 0 Å². The van der Waals surface area contributed by atoms with Crippen molar-refractivity contribution in [3.63, 3.8) is 0 Å². The molecule has 142 valence electrons. The molecule has 0 fully saturated rings. The summed E-state index contributed by atoms with van der Waals surface area (Å²) in [5.74, 6) is 1.45. The van der Waals surface area contributed by atoms with Gasteiger partial charge < -0.3 is 14.2 Å². The summed E-state index contributed by atoms with van der Waals surface area (Å²) in [6, 6.07) is 16.9. The summed E-state index contributed by atoms with van der Waals surface area (Å²) in [6.45, 7) is 0.391. The first-order chi connectivity index (χ1) is 13.7. The molecule has 0 N–H and O–H groups in total. The number of aromatic nitrogens is 1. The van der Waals surface area contributed by atoms with Crippen molar-refractivity contribution in [2.24, 2.45) is 0 Å². The summed E-state index contributed by atoms with van der Waals surface area (Å²) in [4.78, 5) is 16.2. The van der Waals surface area contributed by atoms with E-state index in [2.05, 4.69) is 4.98 Å². The predicted molar refractivity (Wildman–Crippen MR) is 108 cm³/mol. The predicted octanol–water partition coefficient (Wildman–Crippen LogP) is 4.57. The summed E-state index contributed by atoms with van der Waals surface area (Å²) >= 11 is 0. The fourth-order valence-electron chi connectivity index (χ4n) is 2.65. The van der Waals surface area contributed by atoms with Gasteiger partial charge in [0.2, 0.25) is 5.75 Å². The Balaban J connectivity index is 1.82. The number of benzene rings is 2. The van der Waals surface area contributed by atoms with Gasteiger partial charge in [-0.15, -0.1) is 0 Å². The topological polar surface area (TPSA) is 57.7 Å². The minimum atomic E-state index is -0.129. The number of hydrogen-bond acceptors (Lipinski definition) is 5. The first-order valence-corrected chi connectivity index (χ1v) is 8.76. The van der Waals surface area contributed by atoms with Crippen molar-refractivity contribution in [1.29, 1.82) is 0 Å². The van der Waals surface area contributed by atoms with Gasteiger partial charge in [-0.3, -0.25) is 9.78 Å². The van der Waals surface area contributed by atoms with Gasteiger partial charge in [-0.25, -0.2) is 0 Å². The van der Waals surface area contributed by atoms with Gasteiger partial charge in [-0.2, -0.15) is 0 Å². The van der Waals surface area contributed by atoms with Crippen molar-refractivity contribution in [3.05, 3.63) is 89.8 Å². The second-order valence-corrected chi connectivity index (χ2v) is 5.97. The van der Waals surface area contributed by atoms with Gasteiger partial charge in [0.1, 0.15) is 6.61 Å². The van der Waals surface area contributed by atoms with Crippen molar-refractivity contribution in [2.75, 3.05) is 14.2 Å². The molecule has 1 aromatic heterocycles. The standard InChI is InChI=1S/C23H21NO4/c1-26-21-13-18(10-11-20(25)19-9-6-12-24-15-19)14-22(27-2)23(21)28-16-17-7-4-3-5-8-17/h3-15H,16H2,1-2H3/b11-10+. The third-order valence-corrected chi connectivity index (χ3v) is 4.08. The third-order valence-electron chi connectivity index (χ3n) is 4.08. The minimum Gasteiger partial charge on any atom is -0.493 e. The number of ketones is 1. The summed E-state index contributed by atoms with van der Waals surface area (Å²) in [6.07, 6.45) is 6.37. The Kier molecular flexibility index (Phi) is 6.41. The maximum absolute atomic E-state index is 12.2. The molecule has 0 unspecified atom stereocenters. The first-order valence-electron chi connectivity index (χ1n) is 8.76. The lowest BCUT2D eigenvalue weighted by molar-refractivity contribution is 0.104. The number of rotatable bonds is 8. The Morgan fingerprint density at radius 3 is 2.32 bits per heavy atom. The minimum absolute atomic E-state index is 0.129. The van der Waals surface area contributed by atoms with E-state index in [4.69, 9.17) is 14.2 Å². The molecule has 0 amide bonds. The van der Waals surface area contributed by atoms with Gasteiger partial charge in [0.15, 0.2) is 17.3 Å². The largest absolute Gasteiger partial charge is 0.493 e. The van der Waals surface area contributed by atoms with Crippen LogP contribution in [-0.4, -0.2) is 25.0 Å². The van der Waals surface area contributed by atoms with Gasteiger partial charge in [-0.05, 0) is 41.5 Å². The molecular weight excluding hydrogens is 354 g/mol. The van der Waals surface area contributed by atoms with Gasteiger partial charge in [-0.1, -0.05) is 36.4 Å². The van der Waals surface area contributed by atoms with Gasteiger partial charge >= 0.3 is 0 Å². The molecule has 0 radical (unpaired) electrons. The van der Waals surface area contributed by atoms with Crippen LogP contribution in [0.25, 0.3) is 6.08 Å². The molecular formula is C23H21NO4. The molecule has 0 aliphatic heterocycles.